The summed E-state index contributed by atoms with van der Waals surface area (Å²) in [4.78, 5) is 32.4. The smallest absolute Gasteiger partial charge is 0.338 e. The van der Waals surface area contributed by atoms with Crippen molar-refractivity contribution in [1.82, 2.24) is 4.57 Å². The van der Waals surface area contributed by atoms with Gasteiger partial charge < -0.3 is 18.9 Å². The fourth-order valence-corrected chi connectivity index (χ4v) is 5.79. The van der Waals surface area contributed by atoms with Gasteiger partial charge in [0.1, 0.15) is 12.4 Å². The van der Waals surface area contributed by atoms with Crippen molar-refractivity contribution in [2.45, 2.75) is 39.5 Å². The number of ether oxygens (including phenoxy) is 4. The van der Waals surface area contributed by atoms with Crippen LogP contribution in [0.15, 0.2) is 93.9 Å². The van der Waals surface area contributed by atoms with Crippen molar-refractivity contribution in [3.63, 3.8) is 0 Å². The van der Waals surface area contributed by atoms with Gasteiger partial charge in [0.05, 0.1) is 42.2 Å². The molecular weight excluding hydrogens is 552 g/mol. The number of fused-ring (bicyclic) bond motifs is 1. The Morgan fingerprint density at radius 3 is 2.40 bits per heavy atom. The zero-order valence-electron chi connectivity index (χ0n) is 24.1. The van der Waals surface area contributed by atoms with E-state index in [-0.39, 0.29) is 11.7 Å². The van der Waals surface area contributed by atoms with E-state index in [1.807, 2.05) is 60.7 Å². The van der Waals surface area contributed by atoms with Crippen molar-refractivity contribution >= 4 is 23.4 Å². The molecule has 4 aromatic rings. The highest BCUT2D eigenvalue weighted by Crippen LogP contribution is 2.32. The predicted octanol–water partition coefficient (Wildman–Crippen LogP) is 4.78. The van der Waals surface area contributed by atoms with Crippen LogP contribution in [0.25, 0.3) is 6.08 Å². The number of carbonyl (C=O) groups excluding carboxylic acids is 1. The normalized spacial score (nSPS) is 14.8. The average Bonchev–Trinajstić information content (AvgIpc) is 3.29. The number of rotatable bonds is 9. The van der Waals surface area contributed by atoms with Gasteiger partial charge >= 0.3 is 5.97 Å². The summed E-state index contributed by atoms with van der Waals surface area (Å²) in [6.07, 6.45) is 1.47. The van der Waals surface area contributed by atoms with Crippen molar-refractivity contribution in [3.05, 3.63) is 120 Å². The second-order valence-corrected chi connectivity index (χ2v) is 11.0. The van der Waals surface area contributed by atoms with Gasteiger partial charge in [-0.25, -0.2) is 9.79 Å². The molecule has 0 aliphatic carbocycles. The first-order valence-electron chi connectivity index (χ1n) is 13.5. The lowest BCUT2D eigenvalue weighted by atomic mass is 9.96. The quantitative estimate of drug-likeness (QED) is 0.263. The monoisotopic (exact) mass is 584 g/mol. The third-order valence-corrected chi connectivity index (χ3v) is 7.72. The number of benzene rings is 3. The zero-order chi connectivity index (χ0) is 29.8. The molecule has 2 heterocycles. The number of methoxy groups -OCH3 is 2. The molecule has 5 rings (SSSR count). The first-order valence-corrected chi connectivity index (χ1v) is 14.3. The number of hydrogen-bond donors (Lipinski definition) is 0. The van der Waals surface area contributed by atoms with E-state index in [2.05, 4.69) is 4.99 Å². The first-order chi connectivity index (χ1) is 20.3. The second kappa shape index (κ2) is 12.5. The van der Waals surface area contributed by atoms with E-state index in [9.17, 15) is 9.59 Å². The lowest BCUT2D eigenvalue weighted by Crippen LogP contribution is -2.40. The number of hydrogen-bond acceptors (Lipinski definition) is 8. The van der Waals surface area contributed by atoms with E-state index in [1.165, 1.54) is 11.3 Å². The molecule has 1 aliphatic rings. The molecule has 0 bridgehead atoms. The number of aromatic nitrogens is 1. The van der Waals surface area contributed by atoms with Gasteiger partial charge in [-0.15, -0.1) is 0 Å². The summed E-state index contributed by atoms with van der Waals surface area (Å²) in [5.41, 5.74) is 3.13. The summed E-state index contributed by atoms with van der Waals surface area (Å²) in [7, 11) is 3.17. The summed E-state index contributed by atoms with van der Waals surface area (Å²) in [6.45, 7) is 5.75. The molecule has 42 heavy (non-hydrogen) atoms. The molecule has 8 nitrogen and oxygen atoms in total. The van der Waals surface area contributed by atoms with Gasteiger partial charge in [-0.05, 0) is 67.8 Å². The van der Waals surface area contributed by atoms with E-state index >= 15 is 0 Å². The highest BCUT2D eigenvalue weighted by molar-refractivity contribution is 7.07. The molecule has 0 saturated heterocycles. The molecule has 1 atom stereocenters. The summed E-state index contributed by atoms with van der Waals surface area (Å²) < 4.78 is 24.5. The van der Waals surface area contributed by atoms with E-state index in [0.29, 0.717) is 44.5 Å². The third-order valence-electron chi connectivity index (χ3n) is 6.74. The Bertz CT molecular complexity index is 1800. The van der Waals surface area contributed by atoms with Gasteiger partial charge in [0.15, 0.2) is 16.3 Å². The summed E-state index contributed by atoms with van der Waals surface area (Å²) >= 11 is 1.26. The SMILES string of the molecule is COc1ccc([C@H]2C(C(=O)OC(C)C)=C(C)N=c3s/c(=C\c4ccc(OCc5ccccc5)c(OC)c4)c(=O)n32)cc1. The standard InChI is InChI=1S/C33H32N2O6S/c1-20(2)41-32(37)29-21(3)34-33-35(30(29)24-12-14-25(38-4)15-13-24)31(36)28(42-33)18-23-11-16-26(27(17-23)39-5)40-19-22-9-7-6-8-10-22/h6-18,20,30H,19H2,1-5H3/b28-18-/t30-/m0/s1. The van der Waals surface area contributed by atoms with E-state index in [1.54, 1.807) is 57.8 Å². The van der Waals surface area contributed by atoms with Crippen LogP contribution in [-0.4, -0.2) is 30.9 Å². The Morgan fingerprint density at radius 2 is 1.74 bits per heavy atom. The Labute approximate surface area is 247 Å². The second-order valence-electron chi connectivity index (χ2n) is 9.99. The summed E-state index contributed by atoms with van der Waals surface area (Å²) in [5, 5.41) is 0. The molecule has 1 aliphatic heterocycles. The summed E-state index contributed by atoms with van der Waals surface area (Å²) in [5.74, 6) is 1.32. The van der Waals surface area contributed by atoms with Crippen LogP contribution >= 0.6 is 11.3 Å². The Balaban J connectivity index is 1.55. The number of esters is 1. The minimum Gasteiger partial charge on any atom is -0.497 e. The Kier molecular flexibility index (Phi) is 8.59. The molecule has 3 aromatic carbocycles. The van der Waals surface area contributed by atoms with Crippen molar-refractivity contribution in [3.8, 4) is 17.2 Å². The van der Waals surface area contributed by atoms with Crippen molar-refractivity contribution in [2.75, 3.05) is 14.2 Å². The third kappa shape index (κ3) is 6.01. The van der Waals surface area contributed by atoms with Crippen LogP contribution in [0.3, 0.4) is 0 Å². The molecule has 0 spiro atoms. The predicted molar refractivity (Wildman–Crippen MR) is 162 cm³/mol. The van der Waals surface area contributed by atoms with Crippen LogP contribution in [0, 0.1) is 0 Å². The molecular formula is C33H32N2O6S. The van der Waals surface area contributed by atoms with Gasteiger partial charge in [-0.3, -0.25) is 9.36 Å². The molecule has 9 heteroatoms. The number of nitrogens with zero attached hydrogens (tertiary/aromatic N) is 2. The molecule has 0 unspecified atom stereocenters. The van der Waals surface area contributed by atoms with Crippen molar-refractivity contribution < 1.29 is 23.7 Å². The molecule has 1 aromatic heterocycles. The molecule has 0 N–H and O–H groups in total. The highest BCUT2D eigenvalue weighted by atomic mass is 32.1. The van der Waals surface area contributed by atoms with Crippen LogP contribution < -0.4 is 29.1 Å². The lowest BCUT2D eigenvalue weighted by molar-refractivity contribution is -0.143. The van der Waals surface area contributed by atoms with Gasteiger partial charge in [-0.2, -0.15) is 0 Å². The van der Waals surface area contributed by atoms with Gasteiger partial charge in [-0.1, -0.05) is 59.9 Å². The lowest BCUT2D eigenvalue weighted by Gasteiger charge is -2.25. The maximum absolute atomic E-state index is 13.9. The first kappa shape index (κ1) is 28.9. The Hall–Kier alpha value is -4.63. The highest BCUT2D eigenvalue weighted by Gasteiger charge is 2.33. The van der Waals surface area contributed by atoms with Crippen molar-refractivity contribution in [2.24, 2.45) is 4.99 Å². The average molecular weight is 585 g/mol. The fourth-order valence-electron chi connectivity index (χ4n) is 4.74. The van der Waals surface area contributed by atoms with E-state index < -0.39 is 12.0 Å². The molecule has 0 amide bonds. The molecule has 0 fully saturated rings. The van der Waals surface area contributed by atoms with Crippen LogP contribution in [-0.2, 0) is 16.1 Å². The summed E-state index contributed by atoms with van der Waals surface area (Å²) in [6, 6.07) is 22.0. The minimum absolute atomic E-state index is 0.259. The zero-order valence-corrected chi connectivity index (χ0v) is 24.9. The van der Waals surface area contributed by atoms with Gasteiger partial charge in [0.25, 0.3) is 5.56 Å². The Morgan fingerprint density at radius 1 is 1.00 bits per heavy atom. The molecule has 0 radical (unpaired) electrons. The van der Waals surface area contributed by atoms with Crippen LogP contribution in [0.5, 0.6) is 17.2 Å². The largest absolute Gasteiger partial charge is 0.497 e. The maximum Gasteiger partial charge on any atom is 0.338 e. The molecule has 216 valence electrons. The maximum atomic E-state index is 13.9. The van der Waals surface area contributed by atoms with Crippen molar-refractivity contribution in [1.29, 1.82) is 0 Å². The van der Waals surface area contributed by atoms with Crippen LogP contribution in [0.2, 0.25) is 0 Å². The van der Waals surface area contributed by atoms with Crippen LogP contribution in [0.4, 0.5) is 0 Å². The number of thiazole rings is 1. The number of carbonyl (C=O) groups is 1. The van der Waals surface area contributed by atoms with Gasteiger partial charge in [0, 0.05) is 0 Å². The van der Waals surface area contributed by atoms with Gasteiger partial charge in [0.2, 0.25) is 0 Å². The van der Waals surface area contributed by atoms with E-state index in [4.69, 9.17) is 18.9 Å². The number of allylic oxidation sites excluding steroid dienone is 1. The fraction of sp³-hybridized carbons (Fsp3) is 0.242. The molecule has 0 saturated carbocycles. The van der Waals surface area contributed by atoms with Crippen LogP contribution in [0.1, 0.15) is 43.5 Å². The minimum atomic E-state index is -0.705. The topological polar surface area (TPSA) is 88.4 Å². The van der Waals surface area contributed by atoms with E-state index in [0.717, 1.165) is 16.7 Å².